The largest absolute Gasteiger partial charge is 0.474 e. The summed E-state index contributed by atoms with van der Waals surface area (Å²) in [4.78, 5) is 25.9. The highest BCUT2D eigenvalue weighted by Crippen LogP contribution is 2.26. The second-order valence-electron chi connectivity index (χ2n) is 9.20. The van der Waals surface area contributed by atoms with E-state index in [2.05, 4.69) is 25.6 Å². The average Bonchev–Trinajstić information content (AvgIpc) is 2.67. The number of aliphatic hydroxyl groups is 2. The first kappa shape index (κ1) is 23.4. The van der Waals surface area contributed by atoms with Gasteiger partial charge in [-0.25, -0.2) is 15.0 Å². The predicted molar refractivity (Wildman–Crippen MR) is 124 cm³/mol. The van der Waals surface area contributed by atoms with Gasteiger partial charge < -0.3 is 30.2 Å². The van der Waals surface area contributed by atoms with Gasteiger partial charge in [-0.2, -0.15) is 0 Å². The first-order chi connectivity index (χ1) is 14.9. The lowest BCUT2D eigenvalue weighted by Gasteiger charge is -2.23. The first-order valence-corrected chi connectivity index (χ1v) is 10.3. The standard InChI is InChI=1S/C22H30N6O4/c1-21(2,3)27-19-18-14(6-7-28(8-9-29)20(18)30)10-16(26-19)25-15-11-17(24-13-23-15)32-12-22(4,5)31/h6-7,10-11,13,29,31H,8-9,12H2,1-5H3,(H2,23,24,25,26,27). The van der Waals surface area contributed by atoms with E-state index in [1.54, 1.807) is 32.2 Å². The van der Waals surface area contributed by atoms with Gasteiger partial charge in [-0.15, -0.1) is 0 Å². The summed E-state index contributed by atoms with van der Waals surface area (Å²) >= 11 is 0. The Morgan fingerprint density at radius 1 is 1.12 bits per heavy atom. The number of pyridine rings is 2. The summed E-state index contributed by atoms with van der Waals surface area (Å²) in [6, 6.07) is 5.17. The molecular weight excluding hydrogens is 412 g/mol. The Balaban J connectivity index is 1.99. The number of nitrogens with one attached hydrogen (secondary N) is 2. The van der Waals surface area contributed by atoms with Gasteiger partial charge in [-0.1, -0.05) is 0 Å². The van der Waals surface area contributed by atoms with E-state index in [9.17, 15) is 15.0 Å². The minimum Gasteiger partial charge on any atom is -0.474 e. The normalized spacial score (nSPS) is 12.1. The van der Waals surface area contributed by atoms with Gasteiger partial charge in [0.2, 0.25) is 5.88 Å². The van der Waals surface area contributed by atoms with Crippen LogP contribution in [0.5, 0.6) is 5.88 Å². The maximum atomic E-state index is 13.0. The number of ether oxygens (including phenoxy) is 1. The van der Waals surface area contributed by atoms with Crippen LogP contribution in [-0.4, -0.2) is 54.1 Å². The van der Waals surface area contributed by atoms with Gasteiger partial charge in [0.05, 0.1) is 17.6 Å². The second kappa shape index (κ2) is 9.09. The van der Waals surface area contributed by atoms with E-state index in [0.717, 1.165) is 0 Å². The van der Waals surface area contributed by atoms with Gasteiger partial charge in [0.1, 0.15) is 30.4 Å². The zero-order chi connectivity index (χ0) is 23.5. The van der Waals surface area contributed by atoms with Crippen molar-refractivity contribution in [3.8, 4) is 5.88 Å². The molecule has 3 rings (SSSR count). The maximum Gasteiger partial charge on any atom is 0.262 e. The lowest BCUT2D eigenvalue weighted by atomic mass is 10.1. The second-order valence-corrected chi connectivity index (χ2v) is 9.20. The summed E-state index contributed by atoms with van der Waals surface area (Å²) in [5, 5.41) is 26.6. The highest BCUT2D eigenvalue weighted by atomic mass is 16.5. The summed E-state index contributed by atoms with van der Waals surface area (Å²) < 4.78 is 6.98. The summed E-state index contributed by atoms with van der Waals surface area (Å²) in [6.07, 6.45) is 3.00. The molecule has 0 aliphatic heterocycles. The molecule has 3 aromatic heterocycles. The van der Waals surface area contributed by atoms with E-state index in [-0.39, 0.29) is 30.9 Å². The molecule has 0 amide bonds. The Morgan fingerprint density at radius 2 is 1.88 bits per heavy atom. The quantitative estimate of drug-likeness (QED) is 0.414. The highest BCUT2D eigenvalue weighted by molar-refractivity contribution is 5.93. The molecule has 0 saturated heterocycles. The third kappa shape index (κ3) is 6.14. The minimum absolute atomic E-state index is 0.0808. The summed E-state index contributed by atoms with van der Waals surface area (Å²) in [5.74, 6) is 1.68. The fourth-order valence-corrected chi connectivity index (χ4v) is 2.96. The number of fused-ring (bicyclic) bond motifs is 1. The van der Waals surface area contributed by atoms with Gasteiger partial charge >= 0.3 is 0 Å². The number of rotatable bonds is 8. The molecule has 4 N–H and O–H groups in total. The number of aliphatic hydroxyl groups excluding tert-OH is 1. The van der Waals surface area contributed by atoms with Crippen molar-refractivity contribution in [2.45, 2.75) is 52.3 Å². The average molecular weight is 443 g/mol. The Bertz CT molecular complexity index is 1150. The van der Waals surface area contributed by atoms with E-state index in [1.165, 1.54) is 10.9 Å². The summed E-state index contributed by atoms with van der Waals surface area (Å²) in [5.41, 5.74) is -1.56. The van der Waals surface area contributed by atoms with Crippen LogP contribution >= 0.6 is 0 Å². The SMILES string of the molecule is CC(C)(O)COc1cc(Nc2cc3ccn(CCO)c(=O)c3c(NC(C)(C)C)n2)ncn1. The highest BCUT2D eigenvalue weighted by Gasteiger charge is 2.18. The van der Waals surface area contributed by atoms with Crippen LogP contribution in [-0.2, 0) is 6.54 Å². The molecule has 0 aromatic carbocycles. The molecule has 10 heteroatoms. The van der Waals surface area contributed by atoms with Crippen molar-refractivity contribution in [3.63, 3.8) is 0 Å². The van der Waals surface area contributed by atoms with E-state index in [0.29, 0.717) is 34.1 Å². The number of aromatic nitrogens is 4. The van der Waals surface area contributed by atoms with Crippen LogP contribution in [0.2, 0.25) is 0 Å². The molecule has 0 spiro atoms. The van der Waals surface area contributed by atoms with Gasteiger partial charge in [0, 0.05) is 24.3 Å². The molecule has 10 nitrogen and oxygen atoms in total. The van der Waals surface area contributed by atoms with Crippen LogP contribution in [0.1, 0.15) is 34.6 Å². The van der Waals surface area contributed by atoms with Crippen molar-refractivity contribution < 1.29 is 14.9 Å². The fourth-order valence-electron chi connectivity index (χ4n) is 2.96. The lowest BCUT2D eigenvalue weighted by Crippen LogP contribution is -2.29. The van der Waals surface area contributed by atoms with Crippen LogP contribution in [0.15, 0.2) is 35.5 Å². The van der Waals surface area contributed by atoms with E-state index in [1.807, 2.05) is 26.8 Å². The number of anilines is 3. The van der Waals surface area contributed by atoms with Gasteiger partial charge in [-0.05, 0) is 52.1 Å². The molecule has 32 heavy (non-hydrogen) atoms. The van der Waals surface area contributed by atoms with Crippen LogP contribution in [0.4, 0.5) is 17.5 Å². The zero-order valence-electron chi connectivity index (χ0n) is 19.0. The molecular formula is C22H30N6O4. The first-order valence-electron chi connectivity index (χ1n) is 10.3. The Kier molecular flexibility index (Phi) is 6.65. The lowest BCUT2D eigenvalue weighted by molar-refractivity contribution is 0.0268. The molecule has 0 unspecified atom stereocenters. The van der Waals surface area contributed by atoms with Crippen molar-refractivity contribution in [1.82, 2.24) is 19.5 Å². The molecule has 0 radical (unpaired) electrons. The van der Waals surface area contributed by atoms with E-state index < -0.39 is 5.60 Å². The molecule has 172 valence electrons. The van der Waals surface area contributed by atoms with Crippen molar-refractivity contribution in [2.24, 2.45) is 0 Å². The fraction of sp³-hybridized carbons (Fsp3) is 0.455. The zero-order valence-corrected chi connectivity index (χ0v) is 19.0. The summed E-state index contributed by atoms with van der Waals surface area (Å²) in [6.45, 7) is 9.38. The minimum atomic E-state index is -0.991. The number of hydrogen-bond donors (Lipinski definition) is 4. The molecule has 0 fully saturated rings. The van der Waals surface area contributed by atoms with Gasteiger partial charge in [0.15, 0.2) is 0 Å². The third-order valence-corrected chi connectivity index (χ3v) is 4.26. The maximum absolute atomic E-state index is 13.0. The smallest absolute Gasteiger partial charge is 0.262 e. The van der Waals surface area contributed by atoms with Crippen molar-refractivity contribution in [3.05, 3.63) is 41.1 Å². The Hall–Kier alpha value is -3.24. The molecule has 3 heterocycles. The molecule has 3 aromatic rings. The molecule has 0 bridgehead atoms. The molecule has 0 aliphatic rings. The van der Waals surface area contributed by atoms with Crippen LogP contribution in [0, 0.1) is 0 Å². The molecule has 0 saturated carbocycles. The van der Waals surface area contributed by atoms with Crippen molar-refractivity contribution in [2.75, 3.05) is 23.8 Å². The predicted octanol–water partition coefficient (Wildman–Crippen LogP) is 2.28. The Morgan fingerprint density at radius 3 is 2.53 bits per heavy atom. The topological polar surface area (TPSA) is 134 Å². The van der Waals surface area contributed by atoms with Crippen molar-refractivity contribution in [1.29, 1.82) is 0 Å². The monoisotopic (exact) mass is 442 g/mol. The Labute approximate surface area is 186 Å². The van der Waals surface area contributed by atoms with E-state index in [4.69, 9.17) is 4.74 Å². The number of nitrogens with zero attached hydrogens (tertiary/aromatic N) is 4. The van der Waals surface area contributed by atoms with Crippen LogP contribution < -0.4 is 20.9 Å². The molecule has 0 aliphatic carbocycles. The van der Waals surface area contributed by atoms with Crippen LogP contribution in [0.25, 0.3) is 10.8 Å². The number of hydrogen-bond acceptors (Lipinski definition) is 9. The third-order valence-electron chi connectivity index (χ3n) is 4.26. The van der Waals surface area contributed by atoms with Crippen molar-refractivity contribution >= 4 is 28.2 Å². The van der Waals surface area contributed by atoms with Crippen LogP contribution in [0.3, 0.4) is 0 Å². The summed E-state index contributed by atoms with van der Waals surface area (Å²) in [7, 11) is 0. The van der Waals surface area contributed by atoms with Gasteiger partial charge in [-0.3, -0.25) is 4.79 Å². The van der Waals surface area contributed by atoms with E-state index >= 15 is 0 Å². The van der Waals surface area contributed by atoms with Gasteiger partial charge in [0.25, 0.3) is 5.56 Å². The molecule has 0 atom stereocenters.